The second kappa shape index (κ2) is 6.40. The third kappa shape index (κ3) is 4.78. The van der Waals surface area contributed by atoms with Gasteiger partial charge in [0, 0.05) is 20.0 Å². The van der Waals surface area contributed by atoms with Gasteiger partial charge in [-0.05, 0) is 12.8 Å². The van der Waals surface area contributed by atoms with Gasteiger partial charge in [-0.25, -0.2) is 0 Å². The fraction of sp³-hybridized carbons (Fsp3) is 0.800. The zero-order valence-corrected chi connectivity index (χ0v) is 9.72. The summed E-state index contributed by atoms with van der Waals surface area (Å²) in [5.41, 5.74) is 5.10. The lowest BCUT2D eigenvalue weighted by molar-refractivity contribution is -0.127. The van der Waals surface area contributed by atoms with Gasteiger partial charge in [-0.1, -0.05) is 13.8 Å². The Balaban J connectivity index is 3.87. The van der Waals surface area contributed by atoms with E-state index in [0.717, 1.165) is 0 Å². The Hall–Kier alpha value is -1.10. The summed E-state index contributed by atoms with van der Waals surface area (Å²) < 4.78 is 0. The van der Waals surface area contributed by atoms with Crippen LogP contribution in [0.15, 0.2) is 0 Å². The molecule has 0 aliphatic heterocycles. The number of carbonyl (C=O) groups is 2. The molecular formula is C10H21N3O2. The van der Waals surface area contributed by atoms with Gasteiger partial charge in [0.1, 0.15) is 0 Å². The van der Waals surface area contributed by atoms with Crippen molar-refractivity contribution in [2.24, 2.45) is 5.73 Å². The molecule has 0 radical (unpaired) electrons. The molecular weight excluding hydrogens is 194 g/mol. The molecule has 0 aromatic heterocycles. The topological polar surface area (TPSA) is 84.2 Å². The Morgan fingerprint density at radius 1 is 1.13 bits per heavy atom. The maximum atomic E-state index is 11.6. The molecule has 0 spiro atoms. The highest BCUT2D eigenvalue weighted by molar-refractivity contribution is 5.85. The molecule has 2 amide bonds. The number of nitrogens with one attached hydrogen (secondary N) is 2. The van der Waals surface area contributed by atoms with Crippen LogP contribution in [0.4, 0.5) is 0 Å². The van der Waals surface area contributed by atoms with Gasteiger partial charge in [0.15, 0.2) is 0 Å². The first-order chi connectivity index (χ1) is 6.96. The second-order valence-electron chi connectivity index (χ2n) is 3.60. The van der Waals surface area contributed by atoms with E-state index in [1.54, 1.807) is 0 Å². The van der Waals surface area contributed by atoms with Gasteiger partial charge in [0.05, 0.1) is 5.54 Å². The van der Waals surface area contributed by atoms with Crippen LogP contribution >= 0.6 is 0 Å². The van der Waals surface area contributed by atoms with Crippen molar-refractivity contribution in [1.29, 1.82) is 0 Å². The first-order valence-corrected chi connectivity index (χ1v) is 5.28. The van der Waals surface area contributed by atoms with Crippen LogP contribution in [0.2, 0.25) is 0 Å². The summed E-state index contributed by atoms with van der Waals surface area (Å²) in [5, 5.41) is 5.30. The molecule has 0 aromatic rings. The molecule has 0 bridgehead atoms. The van der Waals surface area contributed by atoms with E-state index in [1.165, 1.54) is 6.92 Å². The van der Waals surface area contributed by atoms with Crippen LogP contribution in [0.5, 0.6) is 0 Å². The van der Waals surface area contributed by atoms with Crippen molar-refractivity contribution in [2.45, 2.75) is 39.2 Å². The van der Waals surface area contributed by atoms with E-state index in [0.29, 0.717) is 25.9 Å². The lowest BCUT2D eigenvalue weighted by Crippen LogP contribution is -2.54. The van der Waals surface area contributed by atoms with E-state index in [4.69, 9.17) is 5.73 Å². The summed E-state index contributed by atoms with van der Waals surface area (Å²) in [4.78, 5) is 22.2. The minimum Gasteiger partial charge on any atom is -0.355 e. The van der Waals surface area contributed by atoms with E-state index in [-0.39, 0.29) is 11.8 Å². The molecule has 0 saturated heterocycles. The van der Waals surface area contributed by atoms with Gasteiger partial charge in [-0.15, -0.1) is 0 Å². The Kier molecular flexibility index (Phi) is 5.93. The summed E-state index contributed by atoms with van der Waals surface area (Å²) >= 11 is 0. The average Bonchev–Trinajstić information content (AvgIpc) is 2.22. The molecule has 0 aliphatic carbocycles. The highest BCUT2D eigenvalue weighted by atomic mass is 16.2. The summed E-state index contributed by atoms with van der Waals surface area (Å²) in [6.45, 7) is 6.06. The van der Waals surface area contributed by atoms with Crippen LogP contribution in [0.25, 0.3) is 0 Å². The van der Waals surface area contributed by atoms with Gasteiger partial charge in [-0.3, -0.25) is 9.59 Å². The fourth-order valence-corrected chi connectivity index (χ4v) is 1.16. The van der Waals surface area contributed by atoms with E-state index in [2.05, 4.69) is 10.6 Å². The minimum atomic E-state index is -0.782. The van der Waals surface area contributed by atoms with Gasteiger partial charge < -0.3 is 16.4 Å². The highest BCUT2D eigenvalue weighted by Gasteiger charge is 2.29. The third-order valence-electron chi connectivity index (χ3n) is 2.50. The van der Waals surface area contributed by atoms with E-state index in [1.807, 2.05) is 13.8 Å². The quantitative estimate of drug-likeness (QED) is 0.534. The first kappa shape index (κ1) is 13.9. The van der Waals surface area contributed by atoms with Crippen molar-refractivity contribution in [3.8, 4) is 0 Å². The first-order valence-electron chi connectivity index (χ1n) is 5.28. The monoisotopic (exact) mass is 215 g/mol. The Bertz CT molecular complexity index is 225. The Morgan fingerprint density at radius 3 is 2.00 bits per heavy atom. The molecule has 0 saturated carbocycles. The molecule has 5 nitrogen and oxygen atoms in total. The summed E-state index contributed by atoms with van der Waals surface area (Å²) in [6.07, 6.45) is 1.21. The molecule has 0 heterocycles. The average molecular weight is 215 g/mol. The maximum Gasteiger partial charge on any atom is 0.240 e. The molecule has 5 heteroatoms. The molecule has 0 aliphatic rings. The molecule has 0 rings (SSSR count). The lowest BCUT2D eigenvalue weighted by atomic mass is 9.93. The zero-order chi connectivity index (χ0) is 11.9. The smallest absolute Gasteiger partial charge is 0.240 e. The number of nitrogens with two attached hydrogens (primary N) is 1. The summed E-state index contributed by atoms with van der Waals surface area (Å²) in [6, 6.07) is 0. The van der Waals surface area contributed by atoms with Crippen molar-refractivity contribution in [1.82, 2.24) is 10.6 Å². The standard InChI is InChI=1S/C10H21N3O2/c1-4-10(11,5-2)9(15)13-7-6-12-8(3)14/h4-7,11H2,1-3H3,(H,12,14)(H,13,15). The van der Waals surface area contributed by atoms with Gasteiger partial charge in [-0.2, -0.15) is 0 Å². The van der Waals surface area contributed by atoms with E-state index >= 15 is 0 Å². The van der Waals surface area contributed by atoms with Crippen LogP contribution < -0.4 is 16.4 Å². The van der Waals surface area contributed by atoms with E-state index < -0.39 is 5.54 Å². The predicted molar refractivity (Wildman–Crippen MR) is 59.2 cm³/mol. The number of hydrogen-bond acceptors (Lipinski definition) is 3. The van der Waals surface area contributed by atoms with Crippen LogP contribution in [0, 0.1) is 0 Å². The molecule has 0 fully saturated rings. The lowest BCUT2D eigenvalue weighted by Gasteiger charge is -2.25. The zero-order valence-electron chi connectivity index (χ0n) is 9.72. The number of amides is 2. The van der Waals surface area contributed by atoms with Crippen molar-refractivity contribution < 1.29 is 9.59 Å². The van der Waals surface area contributed by atoms with Crippen molar-refractivity contribution in [3.05, 3.63) is 0 Å². The third-order valence-corrected chi connectivity index (χ3v) is 2.50. The van der Waals surface area contributed by atoms with Gasteiger partial charge >= 0.3 is 0 Å². The summed E-state index contributed by atoms with van der Waals surface area (Å²) in [7, 11) is 0. The van der Waals surface area contributed by atoms with Crippen LogP contribution in [0.1, 0.15) is 33.6 Å². The fourth-order valence-electron chi connectivity index (χ4n) is 1.16. The second-order valence-corrected chi connectivity index (χ2v) is 3.60. The van der Waals surface area contributed by atoms with Crippen molar-refractivity contribution in [2.75, 3.05) is 13.1 Å². The Labute approximate surface area is 90.8 Å². The molecule has 0 unspecified atom stereocenters. The van der Waals surface area contributed by atoms with E-state index in [9.17, 15) is 9.59 Å². The van der Waals surface area contributed by atoms with Crippen molar-refractivity contribution in [3.63, 3.8) is 0 Å². The predicted octanol–water partition coefficient (Wildman–Crippen LogP) is -0.244. The highest BCUT2D eigenvalue weighted by Crippen LogP contribution is 2.10. The number of carbonyl (C=O) groups excluding carboxylic acids is 2. The van der Waals surface area contributed by atoms with Crippen LogP contribution in [0.3, 0.4) is 0 Å². The number of rotatable bonds is 6. The van der Waals surface area contributed by atoms with Gasteiger partial charge in [0.25, 0.3) is 0 Å². The largest absolute Gasteiger partial charge is 0.355 e. The minimum absolute atomic E-state index is 0.103. The normalized spacial score (nSPS) is 10.9. The molecule has 88 valence electrons. The maximum absolute atomic E-state index is 11.6. The Morgan fingerprint density at radius 2 is 1.60 bits per heavy atom. The molecule has 4 N–H and O–H groups in total. The van der Waals surface area contributed by atoms with Crippen molar-refractivity contribution >= 4 is 11.8 Å². The number of hydrogen-bond donors (Lipinski definition) is 3. The van der Waals surface area contributed by atoms with Crippen LogP contribution in [-0.2, 0) is 9.59 Å². The van der Waals surface area contributed by atoms with Crippen LogP contribution in [-0.4, -0.2) is 30.4 Å². The molecule has 0 aromatic carbocycles. The summed E-state index contributed by atoms with van der Waals surface area (Å²) in [5.74, 6) is -0.257. The molecule has 15 heavy (non-hydrogen) atoms. The SMILES string of the molecule is CCC(N)(CC)C(=O)NCCNC(C)=O. The van der Waals surface area contributed by atoms with Gasteiger partial charge in [0.2, 0.25) is 11.8 Å². The molecule has 0 atom stereocenters.